The van der Waals surface area contributed by atoms with Gasteiger partial charge in [0.2, 0.25) is 0 Å². The lowest BCUT2D eigenvalue weighted by Crippen LogP contribution is -2.37. The fourth-order valence-corrected chi connectivity index (χ4v) is 3.94. The van der Waals surface area contributed by atoms with Crippen molar-refractivity contribution in [2.75, 3.05) is 0 Å². The van der Waals surface area contributed by atoms with Crippen molar-refractivity contribution in [3.63, 3.8) is 0 Å². The summed E-state index contributed by atoms with van der Waals surface area (Å²) in [4.78, 5) is 2.70. The van der Waals surface area contributed by atoms with E-state index in [9.17, 15) is 0 Å². The zero-order chi connectivity index (χ0) is 14.9. The zero-order valence-corrected chi connectivity index (χ0v) is 13.2. The third kappa shape index (κ3) is 2.62. The second kappa shape index (κ2) is 5.73. The average Bonchev–Trinajstić information content (AvgIpc) is 2.79. The summed E-state index contributed by atoms with van der Waals surface area (Å²) in [5.74, 6) is 0. The minimum Gasteiger partial charge on any atom is -0.289 e. The van der Waals surface area contributed by atoms with Gasteiger partial charge in [0, 0.05) is 18.6 Å². The Labute approximate surface area is 133 Å². The van der Waals surface area contributed by atoms with Crippen molar-refractivity contribution in [3.8, 4) is 0 Å². The topological polar surface area (TPSA) is 3.24 Å². The fourth-order valence-electron chi connectivity index (χ4n) is 3.94. The Morgan fingerprint density at radius 3 is 2.45 bits per heavy atom. The van der Waals surface area contributed by atoms with Gasteiger partial charge in [0.1, 0.15) is 0 Å². The van der Waals surface area contributed by atoms with E-state index in [1.165, 1.54) is 36.0 Å². The van der Waals surface area contributed by atoms with Gasteiger partial charge in [-0.3, -0.25) is 4.90 Å². The Morgan fingerprint density at radius 1 is 0.955 bits per heavy atom. The molecule has 1 nitrogen and oxygen atoms in total. The number of benzene rings is 2. The second-order valence-corrected chi connectivity index (χ2v) is 6.72. The summed E-state index contributed by atoms with van der Waals surface area (Å²) >= 11 is 0. The summed E-state index contributed by atoms with van der Waals surface area (Å²) in [5, 5.41) is 0. The minimum absolute atomic E-state index is 0.621. The Kier molecular flexibility index (Phi) is 3.59. The van der Waals surface area contributed by atoms with Gasteiger partial charge in [0.05, 0.1) is 0 Å². The van der Waals surface area contributed by atoms with Crippen molar-refractivity contribution in [1.82, 2.24) is 4.90 Å². The number of nitrogens with zero attached hydrogens (tertiary/aromatic N) is 1. The van der Waals surface area contributed by atoms with Gasteiger partial charge in [-0.2, -0.15) is 0 Å². The maximum Gasteiger partial charge on any atom is 0.0291 e. The van der Waals surface area contributed by atoms with Crippen LogP contribution in [-0.2, 0) is 6.54 Å². The molecule has 2 heterocycles. The lowest BCUT2D eigenvalue weighted by molar-refractivity contribution is 0.203. The van der Waals surface area contributed by atoms with Crippen LogP contribution in [0.2, 0.25) is 0 Å². The van der Waals surface area contributed by atoms with Crippen LogP contribution < -0.4 is 0 Å². The van der Waals surface area contributed by atoms with Crippen LogP contribution in [0, 0.1) is 6.92 Å². The van der Waals surface area contributed by atoms with E-state index in [1.807, 2.05) is 0 Å². The van der Waals surface area contributed by atoms with E-state index >= 15 is 0 Å². The van der Waals surface area contributed by atoms with E-state index in [0.29, 0.717) is 12.1 Å². The monoisotopic (exact) mass is 289 g/mol. The molecule has 0 aliphatic carbocycles. The van der Waals surface area contributed by atoms with Crippen LogP contribution in [0.25, 0.3) is 5.57 Å². The Hall–Kier alpha value is -1.86. The highest BCUT2D eigenvalue weighted by Crippen LogP contribution is 2.39. The maximum atomic E-state index is 2.70. The summed E-state index contributed by atoms with van der Waals surface area (Å²) in [5.41, 5.74) is 5.75. The molecule has 2 aromatic rings. The van der Waals surface area contributed by atoms with E-state index in [2.05, 4.69) is 72.5 Å². The van der Waals surface area contributed by atoms with Gasteiger partial charge < -0.3 is 0 Å². The van der Waals surface area contributed by atoms with E-state index in [1.54, 1.807) is 5.57 Å². The summed E-state index contributed by atoms with van der Waals surface area (Å²) in [7, 11) is 0. The molecule has 0 aromatic heterocycles. The number of hydrogen-bond acceptors (Lipinski definition) is 1. The molecule has 1 fully saturated rings. The molecule has 112 valence electrons. The predicted octanol–water partition coefficient (Wildman–Crippen LogP) is 4.82. The molecule has 0 saturated carbocycles. The van der Waals surface area contributed by atoms with E-state index in [0.717, 1.165) is 6.54 Å². The third-order valence-corrected chi connectivity index (χ3v) is 5.17. The van der Waals surface area contributed by atoms with Gasteiger partial charge in [-0.1, -0.05) is 66.2 Å². The van der Waals surface area contributed by atoms with E-state index in [4.69, 9.17) is 0 Å². The number of fused-ring (bicyclic) bond motifs is 2. The number of rotatable bonds is 3. The van der Waals surface area contributed by atoms with Crippen LogP contribution in [0.5, 0.6) is 0 Å². The van der Waals surface area contributed by atoms with E-state index in [-0.39, 0.29) is 0 Å². The first-order chi connectivity index (χ1) is 10.8. The number of aryl methyl sites for hydroxylation is 1. The molecule has 0 amide bonds. The first-order valence-corrected chi connectivity index (χ1v) is 8.37. The first kappa shape index (κ1) is 13.8. The van der Waals surface area contributed by atoms with Crippen molar-refractivity contribution in [2.45, 2.75) is 44.8 Å². The van der Waals surface area contributed by atoms with Crippen LogP contribution in [0.3, 0.4) is 0 Å². The highest BCUT2D eigenvalue weighted by molar-refractivity contribution is 5.68. The van der Waals surface area contributed by atoms with E-state index < -0.39 is 0 Å². The largest absolute Gasteiger partial charge is 0.289 e. The summed E-state index contributed by atoms with van der Waals surface area (Å²) in [6.45, 7) is 3.25. The van der Waals surface area contributed by atoms with Gasteiger partial charge in [0.15, 0.2) is 0 Å². The maximum absolute atomic E-state index is 2.70. The lowest BCUT2D eigenvalue weighted by atomic mass is 9.94. The molecule has 0 spiro atoms. The van der Waals surface area contributed by atoms with Gasteiger partial charge >= 0.3 is 0 Å². The molecule has 2 aliphatic heterocycles. The lowest BCUT2D eigenvalue weighted by Gasteiger charge is -2.34. The Morgan fingerprint density at radius 2 is 1.73 bits per heavy atom. The average molecular weight is 289 g/mol. The SMILES string of the molecule is Cc1ccc(C2=C[C@@H]3CC[C@@H](C2)N3Cc2ccccc2)cc1. The van der Waals surface area contributed by atoms with Crippen LogP contribution in [0.4, 0.5) is 0 Å². The van der Waals surface area contributed by atoms with Crippen LogP contribution in [-0.4, -0.2) is 17.0 Å². The van der Waals surface area contributed by atoms with Crippen molar-refractivity contribution < 1.29 is 0 Å². The predicted molar refractivity (Wildman–Crippen MR) is 92.6 cm³/mol. The molecule has 1 saturated heterocycles. The minimum atomic E-state index is 0.621. The summed E-state index contributed by atoms with van der Waals surface area (Å²) < 4.78 is 0. The molecular weight excluding hydrogens is 266 g/mol. The number of hydrogen-bond donors (Lipinski definition) is 0. The smallest absolute Gasteiger partial charge is 0.0291 e. The summed E-state index contributed by atoms with van der Waals surface area (Å²) in [6.07, 6.45) is 6.37. The van der Waals surface area contributed by atoms with Gasteiger partial charge in [0.25, 0.3) is 0 Å². The quantitative estimate of drug-likeness (QED) is 0.783. The molecule has 0 unspecified atom stereocenters. The Bertz CT molecular complexity index is 669. The molecular formula is C21H23N. The van der Waals surface area contributed by atoms with Gasteiger partial charge in [-0.05, 0) is 42.9 Å². The third-order valence-electron chi connectivity index (χ3n) is 5.17. The van der Waals surface area contributed by atoms with Crippen molar-refractivity contribution >= 4 is 5.57 Å². The van der Waals surface area contributed by atoms with Gasteiger partial charge in [-0.15, -0.1) is 0 Å². The van der Waals surface area contributed by atoms with Crippen molar-refractivity contribution in [1.29, 1.82) is 0 Å². The molecule has 2 atom stereocenters. The molecule has 0 N–H and O–H groups in total. The standard InChI is InChI=1S/C21H23N/c1-16-7-9-18(10-8-16)19-13-20-11-12-21(14-19)22(20)15-17-5-3-2-4-6-17/h2-10,13,20-21H,11-12,14-15H2,1H3/t20-,21-/m0/s1. The molecule has 1 heteroatoms. The zero-order valence-electron chi connectivity index (χ0n) is 13.2. The highest BCUT2D eigenvalue weighted by atomic mass is 15.2. The van der Waals surface area contributed by atoms with Crippen LogP contribution in [0.1, 0.15) is 36.0 Å². The van der Waals surface area contributed by atoms with Crippen molar-refractivity contribution in [2.24, 2.45) is 0 Å². The van der Waals surface area contributed by atoms with Crippen LogP contribution >= 0.6 is 0 Å². The normalized spacial score (nSPS) is 24.3. The molecule has 4 rings (SSSR count). The molecule has 2 bridgehead atoms. The van der Waals surface area contributed by atoms with Crippen molar-refractivity contribution in [3.05, 3.63) is 77.4 Å². The van der Waals surface area contributed by atoms with Crippen LogP contribution in [0.15, 0.2) is 60.7 Å². The molecule has 0 radical (unpaired) electrons. The van der Waals surface area contributed by atoms with Gasteiger partial charge in [-0.25, -0.2) is 0 Å². The molecule has 2 aliphatic rings. The molecule has 22 heavy (non-hydrogen) atoms. The fraction of sp³-hybridized carbons (Fsp3) is 0.333. The first-order valence-electron chi connectivity index (χ1n) is 8.37. The second-order valence-electron chi connectivity index (χ2n) is 6.72. The Balaban J connectivity index is 1.56. The highest BCUT2D eigenvalue weighted by Gasteiger charge is 2.36. The summed E-state index contributed by atoms with van der Waals surface area (Å²) in [6, 6.07) is 21.3. The molecule has 2 aromatic carbocycles.